The predicted molar refractivity (Wildman–Crippen MR) is 115 cm³/mol. The maximum Gasteiger partial charge on any atom is 0.0447 e. The van der Waals surface area contributed by atoms with Crippen molar-refractivity contribution in [2.75, 3.05) is 19.6 Å². The van der Waals surface area contributed by atoms with Crippen LogP contribution in [0, 0.1) is 0 Å². The molecule has 0 aliphatic carbocycles. The Kier molecular flexibility index (Phi) is 6.15. The van der Waals surface area contributed by atoms with Gasteiger partial charge in [0.2, 0.25) is 0 Å². The van der Waals surface area contributed by atoms with Gasteiger partial charge in [0, 0.05) is 56.6 Å². The van der Waals surface area contributed by atoms with Crippen LogP contribution in [0.1, 0.15) is 29.7 Å². The van der Waals surface area contributed by atoms with E-state index in [0.717, 1.165) is 32.7 Å². The minimum Gasteiger partial charge on any atom is -0.296 e. The number of nitrogens with zero attached hydrogens (tertiary/aromatic N) is 3. The highest BCUT2D eigenvalue weighted by Gasteiger charge is 2.32. The molecule has 0 bridgehead atoms. The van der Waals surface area contributed by atoms with Crippen molar-refractivity contribution in [3.05, 3.63) is 102 Å². The van der Waals surface area contributed by atoms with Crippen molar-refractivity contribution >= 4 is 0 Å². The molecule has 1 saturated heterocycles. The van der Waals surface area contributed by atoms with E-state index in [1.807, 2.05) is 12.3 Å². The maximum absolute atomic E-state index is 4.66. The van der Waals surface area contributed by atoms with Gasteiger partial charge in [-0.1, -0.05) is 73.7 Å². The molecule has 0 N–H and O–H groups in total. The van der Waals surface area contributed by atoms with Crippen LogP contribution in [0.3, 0.4) is 0 Å². The summed E-state index contributed by atoms with van der Waals surface area (Å²) in [5.74, 6) is 0.392. The van der Waals surface area contributed by atoms with Gasteiger partial charge in [-0.25, -0.2) is 0 Å². The van der Waals surface area contributed by atoms with Gasteiger partial charge in [-0.2, -0.15) is 0 Å². The highest BCUT2D eigenvalue weighted by atomic mass is 15.3. The Hall–Kier alpha value is -2.49. The molecule has 0 spiro atoms. The molecule has 1 aliphatic heterocycles. The standard InChI is InChI=1S/C25H29N3/c1-21(24-14-8-9-15-26-24)25-20-27(18-22-10-4-2-5-11-22)16-17-28(25)19-23-12-6-3-7-13-23/h2-15,21,25H,16-20H2,1H3/t21?,25-/m1/s1. The van der Waals surface area contributed by atoms with Crippen LogP contribution in [0.25, 0.3) is 0 Å². The van der Waals surface area contributed by atoms with Crippen molar-refractivity contribution in [2.45, 2.75) is 32.0 Å². The minimum absolute atomic E-state index is 0.392. The maximum atomic E-state index is 4.66. The third-order valence-corrected chi connectivity index (χ3v) is 5.83. The second-order valence-corrected chi connectivity index (χ2v) is 7.79. The van der Waals surface area contributed by atoms with Crippen LogP contribution in [0.2, 0.25) is 0 Å². The van der Waals surface area contributed by atoms with Crippen LogP contribution in [0.5, 0.6) is 0 Å². The van der Waals surface area contributed by atoms with Gasteiger partial charge < -0.3 is 0 Å². The van der Waals surface area contributed by atoms with E-state index in [1.54, 1.807) is 0 Å². The molecule has 0 saturated carbocycles. The molecular formula is C25H29N3. The molecule has 4 rings (SSSR count). The fourth-order valence-corrected chi connectivity index (χ4v) is 4.22. The molecule has 2 atom stereocenters. The van der Waals surface area contributed by atoms with Crippen molar-refractivity contribution in [1.29, 1.82) is 0 Å². The van der Waals surface area contributed by atoms with Crippen LogP contribution < -0.4 is 0 Å². The van der Waals surface area contributed by atoms with Crippen molar-refractivity contribution < 1.29 is 0 Å². The predicted octanol–water partition coefficient (Wildman–Crippen LogP) is 4.57. The van der Waals surface area contributed by atoms with Crippen molar-refractivity contribution in [3.63, 3.8) is 0 Å². The summed E-state index contributed by atoms with van der Waals surface area (Å²) >= 11 is 0. The van der Waals surface area contributed by atoms with Gasteiger partial charge in [0.1, 0.15) is 0 Å². The van der Waals surface area contributed by atoms with E-state index < -0.39 is 0 Å². The first kappa shape index (κ1) is 18.9. The summed E-state index contributed by atoms with van der Waals surface area (Å²) in [4.78, 5) is 9.91. The quantitative estimate of drug-likeness (QED) is 0.633. The summed E-state index contributed by atoms with van der Waals surface area (Å²) in [6, 6.07) is 28.4. The van der Waals surface area contributed by atoms with Crippen LogP contribution in [-0.2, 0) is 13.1 Å². The fourth-order valence-electron chi connectivity index (χ4n) is 4.22. The number of pyridine rings is 1. The lowest BCUT2D eigenvalue weighted by Gasteiger charge is -2.44. The Labute approximate surface area is 168 Å². The zero-order valence-corrected chi connectivity index (χ0v) is 16.6. The molecule has 1 fully saturated rings. The van der Waals surface area contributed by atoms with Crippen molar-refractivity contribution in [3.8, 4) is 0 Å². The van der Waals surface area contributed by atoms with E-state index in [1.165, 1.54) is 16.8 Å². The van der Waals surface area contributed by atoms with Crippen molar-refractivity contribution in [2.24, 2.45) is 0 Å². The Morgan fingerprint density at radius 3 is 2.11 bits per heavy atom. The number of aromatic nitrogens is 1. The molecule has 1 aliphatic rings. The number of piperazine rings is 1. The Bertz CT molecular complexity index is 835. The minimum atomic E-state index is 0.392. The number of rotatable bonds is 6. The number of benzene rings is 2. The molecule has 0 amide bonds. The van der Waals surface area contributed by atoms with Gasteiger partial charge in [0.15, 0.2) is 0 Å². The largest absolute Gasteiger partial charge is 0.296 e. The average Bonchev–Trinajstić information content (AvgIpc) is 2.76. The molecule has 1 aromatic heterocycles. The van der Waals surface area contributed by atoms with E-state index in [9.17, 15) is 0 Å². The Morgan fingerprint density at radius 2 is 1.46 bits per heavy atom. The van der Waals surface area contributed by atoms with Crippen LogP contribution in [-0.4, -0.2) is 40.5 Å². The normalized spacial score (nSPS) is 19.4. The molecule has 3 aromatic rings. The molecule has 2 aromatic carbocycles. The summed E-state index contributed by atoms with van der Waals surface area (Å²) in [5.41, 5.74) is 3.97. The van der Waals surface area contributed by atoms with Crippen LogP contribution in [0.4, 0.5) is 0 Å². The van der Waals surface area contributed by atoms with Gasteiger partial charge in [-0.3, -0.25) is 14.8 Å². The monoisotopic (exact) mass is 371 g/mol. The first-order valence-electron chi connectivity index (χ1n) is 10.2. The van der Waals surface area contributed by atoms with Gasteiger partial charge >= 0.3 is 0 Å². The summed E-state index contributed by atoms with van der Waals surface area (Å²) in [6.45, 7) is 7.61. The van der Waals surface area contributed by atoms with Gasteiger partial charge in [-0.15, -0.1) is 0 Å². The van der Waals surface area contributed by atoms with E-state index in [-0.39, 0.29) is 0 Å². The fraction of sp³-hybridized carbons (Fsp3) is 0.320. The molecule has 1 unspecified atom stereocenters. The third kappa shape index (κ3) is 4.67. The van der Waals surface area contributed by atoms with E-state index in [4.69, 9.17) is 0 Å². The smallest absolute Gasteiger partial charge is 0.0447 e. The molecule has 3 nitrogen and oxygen atoms in total. The van der Waals surface area contributed by atoms with E-state index in [2.05, 4.69) is 94.5 Å². The second kappa shape index (κ2) is 9.13. The van der Waals surface area contributed by atoms with E-state index >= 15 is 0 Å². The first-order valence-corrected chi connectivity index (χ1v) is 10.2. The summed E-state index contributed by atoms with van der Waals surface area (Å²) in [5, 5.41) is 0. The van der Waals surface area contributed by atoms with Crippen LogP contribution in [0.15, 0.2) is 85.1 Å². The summed E-state index contributed by atoms with van der Waals surface area (Å²) < 4.78 is 0. The second-order valence-electron chi connectivity index (χ2n) is 7.79. The van der Waals surface area contributed by atoms with E-state index in [0.29, 0.717) is 12.0 Å². The molecule has 2 heterocycles. The van der Waals surface area contributed by atoms with Gasteiger partial charge in [0.25, 0.3) is 0 Å². The summed E-state index contributed by atoms with van der Waals surface area (Å²) in [6.07, 6.45) is 1.91. The Morgan fingerprint density at radius 1 is 0.821 bits per heavy atom. The highest BCUT2D eigenvalue weighted by molar-refractivity contribution is 5.18. The average molecular weight is 372 g/mol. The molecule has 0 radical (unpaired) electrons. The molecule has 144 valence electrons. The number of hydrogen-bond acceptors (Lipinski definition) is 3. The molecular weight excluding hydrogens is 342 g/mol. The molecule has 28 heavy (non-hydrogen) atoms. The lowest BCUT2D eigenvalue weighted by molar-refractivity contribution is 0.0516. The topological polar surface area (TPSA) is 19.4 Å². The third-order valence-electron chi connectivity index (χ3n) is 5.83. The zero-order valence-electron chi connectivity index (χ0n) is 16.6. The lowest BCUT2D eigenvalue weighted by atomic mass is 9.93. The highest BCUT2D eigenvalue weighted by Crippen LogP contribution is 2.27. The van der Waals surface area contributed by atoms with Crippen molar-refractivity contribution in [1.82, 2.24) is 14.8 Å². The van der Waals surface area contributed by atoms with Gasteiger partial charge in [0.05, 0.1) is 0 Å². The SMILES string of the molecule is CC(c1ccccn1)[C@H]1CN(Cc2ccccc2)CCN1Cc1ccccc1. The van der Waals surface area contributed by atoms with Gasteiger partial charge in [-0.05, 0) is 23.3 Å². The Balaban J connectivity index is 1.52. The lowest BCUT2D eigenvalue weighted by Crippen LogP contribution is -2.54. The first-order chi connectivity index (χ1) is 13.8. The summed E-state index contributed by atoms with van der Waals surface area (Å²) in [7, 11) is 0. The zero-order chi connectivity index (χ0) is 19.2. The molecule has 3 heteroatoms. The van der Waals surface area contributed by atoms with Crippen LogP contribution >= 0.6 is 0 Å². The number of hydrogen-bond donors (Lipinski definition) is 0.